The van der Waals surface area contributed by atoms with E-state index in [1.807, 2.05) is 28.5 Å². The van der Waals surface area contributed by atoms with Crippen molar-refractivity contribution in [3.05, 3.63) is 46.4 Å². The fraction of sp³-hybridized carbons (Fsp3) is 0.333. The summed E-state index contributed by atoms with van der Waals surface area (Å²) in [6.45, 7) is 3.39. The first-order valence-electron chi connectivity index (χ1n) is 7.21. The SMILES string of the molecule is Cc1ncsc1C(=O)N1CCC(c2ccnc3nccn23)C1. The van der Waals surface area contributed by atoms with E-state index in [0.717, 1.165) is 30.1 Å². The van der Waals surface area contributed by atoms with Gasteiger partial charge in [-0.2, -0.15) is 0 Å². The predicted octanol–water partition coefficient (Wildman–Crippen LogP) is 2.12. The number of carbonyl (C=O) groups is 1. The molecule has 1 fully saturated rings. The zero-order valence-electron chi connectivity index (χ0n) is 12.1. The fourth-order valence-electron chi connectivity index (χ4n) is 3.02. The van der Waals surface area contributed by atoms with E-state index in [1.54, 1.807) is 17.9 Å². The van der Waals surface area contributed by atoms with Gasteiger partial charge in [0, 0.05) is 43.3 Å². The Balaban J connectivity index is 1.59. The molecule has 1 atom stereocenters. The highest BCUT2D eigenvalue weighted by Crippen LogP contribution is 2.29. The molecule has 7 heteroatoms. The van der Waals surface area contributed by atoms with Gasteiger partial charge in [-0.3, -0.25) is 9.20 Å². The fourth-order valence-corrected chi connectivity index (χ4v) is 3.79. The van der Waals surface area contributed by atoms with E-state index in [1.165, 1.54) is 17.0 Å². The van der Waals surface area contributed by atoms with E-state index in [9.17, 15) is 4.79 Å². The summed E-state index contributed by atoms with van der Waals surface area (Å²) in [5.41, 5.74) is 3.71. The van der Waals surface area contributed by atoms with E-state index in [0.29, 0.717) is 11.7 Å². The summed E-state index contributed by atoms with van der Waals surface area (Å²) < 4.78 is 2.01. The van der Waals surface area contributed by atoms with Crippen molar-refractivity contribution in [3.63, 3.8) is 0 Å². The Labute approximate surface area is 131 Å². The minimum Gasteiger partial charge on any atom is -0.337 e. The highest BCUT2D eigenvalue weighted by atomic mass is 32.1. The number of fused-ring (bicyclic) bond motifs is 1. The minimum absolute atomic E-state index is 0.0958. The van der Waals surface area contributed by atoms with Crippen molar-refractivity contribution in [1.82, 2.24) is 24.3 Å². The zero-order valence-corrected chi connectivity index (χ0v) is 13.0. The van der Waals surface area contributed by atoms with Crippen molar-refractivity contribution in [2.24, 2.45) is 0 Å². The molecule has 1 aliphatic heterocycles. The third-order valence-corrected chi connectivity index (χ3v) is 5.08. The number of aromatic nitrogens is 4. The third kappa shape index (κ3) is 2.09. The highest BCUT2D eigenvalue weighted by Gasteiger charge is 2.30. The first kappa shape index (κ1) is 13.4. The number of amides is 1. The molecule has 1 saturated heterocycles. The highest BCUT2D eigenvalue weighted by molar-refractivity contribution is 7.11. The molecule has 1 aliphatic rings. The van der Waals surface area contributed by atoms with Gasteiger partial charge in [-0.25, -0.2) is 15.0 Å². The second kappa shape index (κ2) is 5.17. The molecule has 1 unspecified atom stereocenters. The molecule has 4 rings (SSSR count). The molecular weight excluding hydrogens is 298 g/mol. The van der Waals surface area contributed by atoms with Crippen molar-refractivity contribution in [1.29, 1.82) is 0 Å². The van der Waals surface area contributed by atoms with Crippen LogP contribution in [-0.2, 0) is 0 Å². The Bertz CT molecular complexity index is 839. The normalized spacial score (nSPS) is 18.2. The van der Waals surface area contributed by atoms with Crippen LogP contribution < -0.4 is 0 Å². The second-order valence-corrected chi connectivity index (χ2v) is 6.33. The number of hydrogen-bond acceptors (Lipinski definition) is 5. The Morgan fingerprint density at radius 3 is 3.00 bits per heavy atom. The number of rotatable bonds is 2. The topological polar surface area (TPSA) is 63.4 Å². The first-order valence-corrected chi connectivity index (χ1v) is 8.09. The number of thiazole rings is 1. The van der Waals surface area contributed by atoms with Crippen LogP contribution in [0.2, 0.25) is 0 Å². The smallest absolute Gasteiger partial charge is 0.265 e. The van der Waals surface area contributed by atoms with Crippen molar-refractivity contribution in [2.75, 3.05) is 13.1 Å². The molecule has 0 aromatic carbocycles. The molecule has 0 bridgehead atoms. The van der Waals surface area contributed by atoms with Gasteiger partial charge in [0.05, 0.1) is 11.2 Å². The predicted molar refractivity (Wildman–Crippen MR) is 83.1 cm³/mol. The summed E-state index contributed by atoms with van der Waals surface area (Å²) in [7, 11) is 0. The van der Waals surface area contributed by atoms with Gasteiger partial charge >= 0.3 is 0 Å². The lowest BCUT2D eigenvalue weighted by molar-refractivity contribution is 0.0794. The van der Waals surface area contributed by atoms with Crippen molar-refractivity contribution in [2.45, 2.75) is 19.3 Å². The van der Waals surface area contributed by atoms with Crippen LogP contribution in [0.25, 0.3) is 5.78 Å². The molecule has 0 aliphatic carbocycles. The van der Waals surface area contributed by atoms with Gasteiger partial charge in [-0.05, 0) is 19.4 Å². The summed E-state index contributed by atoms with van der Waals surface area (Å²) in [6, 6.07) is 2.02. The molecule has 22 heavy (non-hydrogen) atoms. The Morgan fingerprint density at radius 2 is 2.18 bits per heavy atom. The van der Waals surface area contributed by atoms with Gasteiger partial charge in [0.2, 0.25) is 5.78 Å². The van der Waals surface area contributed by atoms with Crippen LogP contribution in [0, 0.1) is 6.92 Å². The number of imidazole rings is 1. The molecule has 6 nitrogen and oxygen atoms in total. The Kier molecular flexibility index (Phi) is 3.15. The molecule has 1 amide bonds. The van der Waals surface area contributed by atoms with Gasteiger partial charge in [-0.15, -0.1) is 11.3 Å². The number of aryl methyl sites for hydroxylation is 1. The van der Waals surface area contributed by atoms with Crippen molar-refractivity contribution < 1.29 is 4.79 Å². The van der Waals surface area contributed by atoms with E-state index >= 15 is 0 Å². The summed E-state index contributed by atoms with van der Waals surface area (Å²) in [4.78, 5) is 27.9. The number of likely N-dealkylation sites (tertiary alicyclic amines) is 1. The molecular formula is C15H15N5OS. The third-order valence-electron chi connectivity index (χ3n) is 4.17. The molecule has 4 heterocycles. The van der Waals surface area contributed by atoms with Crippen LogP contribution in [0.15, 0.2) is 30.2 Å². The number of carbonyl (C=O) groups excluding carboxylic acids is 1. The van der Waals surface area contributed by atoms with Crippen LogP contribution in [0.5, 0.6) is 0 Å². The van der Waals surface area contributed by atoms with Crippen LogP contribution in [0.4, 0.5) is 0 Å². The van der Waals surface area contributed by atoms with Gasteiger partial charge in [0.15, 0.2) is 0 Å². The number of hydrogen-bond donors (Lipinski definition) is 0. The lowest BCUT2D eigenvalue weighted by Crippen LogP contribution is -2.28. The monoisotopic (exact) mass is 313 g/mol. The van der Waals surface area contributed by atoms with E-state index in [2.05, 4.69) is 15.0 Å². The molecule has 3 aromatic heterocycles. The quantitative estimate of drug-likeness (QED) is 0.727. The number of nitrogens with zero attached hydrogens (tertiary/aromatic N) is 5. The Hall–Kier alpha value is -2.28. The minimum atomic E-state index is 0.0958. The standard InChI is InChI=1S/C15H15N5OS/c1-10-13(22-9-18-10)14(21)19-6-3-11(8-19)12-2-4-16-15-17-5-7-20(12)15/h2,4-5,7,9,11H,3,6,8H2,1H3. The molecule has 0 N–H and O–H groups in total. The van der Waals surface area contributed by atoms with Crippen LogP contribution >= 0.6 is 11.3 Å². The Morgan fingerprint density at radius 1 is 1.32 bits per heavy atom. The van der Waals surface area contributed by atoms with Crippen LogP contribution in [0.3, 0.4) is 0 Å². The van der Waals surface area contributed by atoms with E-state index < -0.39 is 0 Å². The van der Waals surface area contributed by atoms with E-state index in [-0.39, 0.29) is 5.91 Å². The first-order chi connectivity index (χ1) is 10.7. The lowest BCUT2D eigenvalue weighted by Gasteiger charge is -2.16. The maximum atomic E-state index is 12.6. The maximum absolute atomic E-state index is 12.6. The van der Waals surface area contributed by atoms with Crippen LogP contribution in [-0.4, -0.2) is 43.2 Å². The largest absolute Gasteiger partial charge is 0.337 e. The second-order valence-electron chi connectivity index (χ2n) is 5.47. The molecule has 0 saturated carbocycles. The van der Waals surface area contributed by atoms with Crippen LogP contribution in [0.1, 0.15) is 33.4 Å². The summed E-state index contributed by atoms with van der Waals surface area (Å²) in [5, 5.41) is 0. The summed E-state index contributed by atoms with van der Waals surface area (Å²) in [5.74, 6) is 1.12. The molecule has 0 spiro atoms. The summed E-state index contributed by atoms with van der Waals surface area (Å²) in [6.07, 6.45) is 6.43. The van der Waals surface area contributed by atoms with Gasteiger partial charge in [0.25, 0.3) is 5.91 Å². The molecule has 0 radical (unpaired) electrons. The maximum Gasteiger partial charge on any atom is 0.265 e. The molecule has 112 valence electrons. The average molecular weight is 313 g/mol. The van der Waals surface area contributed by atoms with Crippen molar-refractivity contribution >= 4 is 23.0 Å². The lowest BCUT2D eigenvalue weighted by atomic mass is 10.0. The van der Waals surface area contributed by atoms with Gasteiger partial charge in [-0.1, -0.05) is 0 Å². The summed E-state index contributed by atoms with van der Waals surface area (Å²) >= 11 is 1.42. The van der Waals surface area contributed by atoms with Gasteiger partial charge in [0.1, 0.15) is 4.88 Å². The van der Waals surface area contributed by atoms with Crippen molar-refractivity contribution in [3.8, 4) is 0 Å². The zero-order chi connectivity index (χ0) is 15.1. The van der Waals surface area contributed by atoms with E-state index in [4.69, 9.17) is 0 Å². The molecule has 3 aromatic rings. The average Bonchev–Trinajstić information content (AvgIpc) is 3.26. The van der Waals surface area contributed by atoms with Gasteiger partial charge < -0.3 is 4.90 Å².